The van der Waals surface area contributed by atoms with Crippen LogP contribution in [0.2, 0.25) is 0 Å². The van der Waals surface area contributed by atoms with Crippen molar-refractivity contribution in [1.29, 1.82) is 0 Å². The topological polar surface area (TPSA) is 49.4 Å². The van der Waals surface area contributed by atoms with Crippen molar-refractivity contribution >= 4 is 11.8 Å². The van der Waals surface area contributed by atoms with Gasteiger partial charge in [0.25, 0.3) is 0 Å². The summed E-state index contributed by atoms with van der Waals surface area (Å²) in [6, 6.07) is 0. The van der Waals surface area contributed by atoms with Crippen molar-refractivity contribution in [3.8, 4) is 0 Å². The summed E-state index contributed by atoms with van der Waals surface area (Å²) in [5.41, 5.74) is -0.553. The molecule has 1 aliphatic carbocycles. The minimum Gasteiger partial charge on any atom is -0.340 e. The largest absolute Gasteiger partial charge is 0.340 e. The smallest absolute Gasteiger partial charge is 0.248 e. The van der Waals surface area contributed by atoms with E-state index in [0.29, 0.717) is 12.5 Å². The summed E-state index contributed by atoms with van der Waals surface area (Å²) >= 11 is 0. The van der Waals surface area contributed by atoms with Gasteiger partial charge in [-0.05, 0) is 18.8 Å². The van der Waals surface area contributed by atoms with E-state index >= 15 is 0 Å². The number of nitrogens with zero attached hydrogens (tertiary/aromatic N) is 1. The number of rotatable bonds is 3. The van der Waals surface area contributed by atoms with Crippen molar-refractivity contribution in [3.05, 3.63) is 0 Å². The predicted octanol–water partition coefficient (Wildman–Crippen LogP) is 1.30. The van der Waals surface area contributed by atoms with Crippen molar-refractivity contribution in [2.45, 2.75) is 51.5 Å². The lowest BCUT2D eigenvalue weighted by Gasteiger charge is -2.40. The Kier molecular flexibility index (Phi) is 3.40. The molecule has 2 amide bonds. The first-order valence-corrected chi connectivity index (χ1v) is 6.68. The van der Waals surface area contributed by atoms with Gasteiger partial charge in [0.2, 0.25) is 11.8 Å². The Morgan fingerprint density at radius 3 is 2.59 bits per heavy atom. The van der Waals surface area contributed by atoms with Crippen molar-refractivity contribution in [3.63, 3.8) is 0 Å². The van der Waals surface area contributed by atoms with Crippen LogP contribution < -0.4 is 5.32 Å². The Balaban J connectivity index is 2.11. The quantitative estimate of drug-likeness (QED) is 0.805. The molecule has 96 valence electrons. The fourth-order valence-corrected chi connectivity index (χ4v) is 2.88. The molecule has 0 aromatic carbocycles. The monoisotopic (exact) mass is 238 g/mol. The van der Waals surface area contributed by atoms with E-state index in [2.05, 4.69) is 19.2 Å². The summed E-state index contributed by atoms with van der Waals surface area (Å²) in [6.07, 6.45) is 4.76. The van der Waals surface area contributed by atoms with Crippen LogP contribution >= 0.6 is 0 Å². The van der Waals surface area contributed by atoms with Crippen LogP contribution in [-0.2, 0) is 9.59 Å². The maximum absolute atomic E-state index is 12.5. The maximum atomic E-state index is 12.5. The van der Waals surface area contributed by atoms with Crippen LogP contribution in [0, 0.1) is 5.92 Å². The van der Waals surface area contributed by atoms with Gasteiger partial charge in [-0.1, -0.05) is 33.1 Å². The molecule has 4 heteroatoms. The Morgan fingerprint density at radius 2 is 2.00 bits per heavy atom. The van der Waals surface area contributed by atoms with Crippen LogP contribution in [0.1, 0.15) is 46.0 Å². The molecule has 2 fully saturated rings. The van der Waals surface area contributed by atoms with E-state index < -0.39 is 5.54 Å². The van der Waals surface area contributed by atoms with Crippen molar-refractivity contribution in [2.24, 2.45) is 5.92 Å². The third-order valence-corrected chi connectivity index (χ3v) is 4.10. The molecule has 4 nitrogen and oxygen atoms in total. The van der Waals surface area contributed by atoms with E-state index in [1.807, 2.05) is 0 Å². The van der Waals surface area contributed by atoms with Crippen LogP contribution in [0.3, 0.4) is 0 Å². The van der Waals surface area contributed by atoms with Gasteiger partial charge < -0.3 is 10.2 Å². The summed E-state index contributed by atoms with van der Waals surface area (Å²) in [5, 5.41) is 2.93. The fourth-order valence-electron chi connectivity index (χ4n) is 2.88. The number of carbonyl (C=O) groups excluding carboxylic acids is 2. The van der Waals surface area contributed by atoms with Crippen LogP contribution in [0.4, 0.5) is 0 Å². The molecule has 1 atom stereocenters. The highest BCUT2D eigenvalue weighted by atomic mass is 16.2. The number of nitrogens with one attached hydrogen (secondary N) is 1. The van der Waals surface area contributed by atoms with Gasteiger partial charge in [0.15, 0.2) is 0 Å². The number of carbonyl (C=O) groups is 2. The third kappa shape index (κ3) is 2.31. The highest BCUT2D eigenvalue weighted by Crippen LogP contribution is 2.33. The Morgan fingerprint density at radius 1 is 1.35 bits per heavy atom. The normalized spacial score (nSPS) is 25.2. The molecule has 2 rings (SSSR count). The summed E-state index contributed by atoms with van der Waals surface area (Å²) < 4.78 is 0. The van der Waals surface area contributed by atoms with E-state index in [9.17, 15) is 9.59 Å². The SMILES string of the molecule is CCC(C)CN1CC(=O)NC2(CCCC2)C1=O. The Labute approximate surface area is 103 Å². The van der Waals surface area contributed by atoms with Gasteiger partial charge >= 0.3 is 0 Å². The van der Waals surface area contributed by atoms with Crippen molar-refractivity contribution in [1.82, 2.24) is 10.2 Å². The lowest BCUT2D eigenvalue weighted by Crippen LogP contribution is -2.65. The lowest BCUT2D eigenvalue weighted by atomic mass is 9.92. The van der Waals surface area contributed by atoms with Gasteiger partial charge in [0.1, 0.15) is 5.54 Å². The summed E-state index contributed by atoms with van der Waals surface area (Å²) in [4.78, 5) is 26.0. The van der Waals surface area contributed by atoms with Crippen LogP contribution in [0.25, 0.3) is 0 Å². The minimum absolute atomic E-state index is 0.00908. The molecule has 1 N–H and O–H groups in total. The zero-order valence-electron chi connectivity index (χ0n) is 10.8. The Hall–Kier alpha value is -1.06. The molecular weight excluding hydrogens is 216 g/mol. The van der Waals surface area contributed by atoms with E-state index in [0.717, 1.165) is 32.1 Å². The van der Waals surface area contributed by atoms with Gasteiger partial charge in [0.05, 0.1) is 6.54 Å². The Bertz CT molecular complexity index is 321. The molecule has 0 bridgehead atoms. The van der Waals surface area contributed by atoms with Crippen LogP contribution in [0.15, 0.2) is 0 Å². The molecule has 17 heavy (non-hydrogen) atoms. The first-order valence-electron chi connectivity index (χ1n) is 6.68. The highest BCUT2D eigenvalue weighted by Gasteiger charge is 2.48. The molecule has 0 aromatic heterocycles. The van der Waals surface area contributed by atoms with E-state index in [-0.39, 0.29) is 18.4 Å². The average Bonchev–Trinajstić information content (AvgIpc) is 2.74. The van der Waals surface area contributed by atoms with Crippen LogP contribution in [-0.4, -0.2) is 35.3 Å². The van der Waals surface area contributed by atoms with Gasteiger partial charge in [-0.2, -0.15) is 0 Å². The fraction of sp³-hybridized carbons (Fsp3) is 0.846. The molecule has 1 heterocycles. The highest BCUT2D eigenvalue weighted by molar-refractivity contribution is 5.98. The molecule has 0 radical (unpaired) electrons. The molecule has 1 spiro atoms. The molecule has 0 aromatic rings. The molecular formula is C13H22N2O2. The van der Waals surface area contributed by atoms with Gasteiger partial charge in [-0.25, -0.2) is 0 Å². The summed E-state index contributed by atoms with van der Waals surface area (Å²) in [6.45, 7) is 5.20. The second kappa shape index (κ2) is 4.67. The molecule has 1 aliphatic heterocycles. The predicted molar refractivity (Wildman–Crippen MR) is 65.4 cm³/mol. The third-order valence-electron chi connectivity index (χ3n) is 4.10. The maximum Gasteiger partial charge on any atom is 0.248 e. The molecule has 1 saturated carbocycles. The van der Waals surface area contributed by atoms with Gasteiger partial charge in [-0.15, -0.1) is 0 Å². The minimum atomic E-state index is -0.553. The lowest BCUT2D eigenvalue weighted by molar-refractivity contribution is -0.150. The first-order chi connectivity index (χ1) is 8.07. The van der Waals surface area contributed by atoms with E-state index in [1.165, 1.54) is 0 Å². The summed E-state index contributed by atoms with van der Waals surface area (Å²) in [7, 11) is 0. The van der Waals surface area contributed by atoms with E-state index in [4.69, 9.17) is 0 Å². The van der Waals surface area contributed by atoms with Crippen LogP contribution in [0.5, 0.6) is 0 Å². The van der Waals surface area contributed by atoms with Gasteiger partial charge in [-0.3, -0.25) is 9.59 Å². The standard InChI is InChI=1S/C13H22N2O2/c1-3-10(2)8-15-9-11(16)14-13(12(15)17)6-4-5-7-13/h10H,3-9H2,1-2H3,(H,14,16). The van der Waals surface area contributed by atoms with E-state index in [1.54, 1.807) is 4.90 Å². The number of piperazine rings is 1. The number of amides is 2. The zero-order chi connectivity index (χ0) is 12.5. The zero-order valence-corrected chi connectivity index (χ0v) is 10.8. The second-order valence-corrected chi connectivity index (χ2v) is 5.54. The van der Waals surface area contributed by atoms with Crippen molar-refractivity contribution in [2.75, 3.05) is 13.1 Å². The number of hydrogen-bond acceptors (Lipinski definition) is 2. The first kappa shape index (κ1) is 12.4. The second-order valence-electron chi connectivity index (χ2n) is 5.54. The molecule has 1 unspecified atom stereocenters. The van der Waals surface area contributed by atoms with Gasteiger partial charge in [0, 0.05) is 6.54 Å². The van der Waals surface area contributed by atoms with Crippen molar-refractivity contribution < 1.29 is 9.59 Å². The molecule has 2 aliphatic rings. The number of hydrogen-bond donors (Lipinski definition) is 1. The summed E-state index contributed by atoms with van der Waals surface area (Å²) in [5.74, 6) is 0.619. The average molecular weight is 238 g/mol. The molecule has 1 saturated heterocycles.